The van der Waals surface area contributed by atoms with Crippen LogP contribution in [0.25, 0.3) is 0 Å². The maximum Gasteiger partial charge on any atom is 0.248 e. The second-order valence-electron chi connectivity index (χ2n) is 4.53. The van der Waals surface area contributed by atoms with Gasteiger partial charge in [0.05, 0.1) is 6.04 Å². The zero-order chi connectivity index (χ0) is 14.3. The number of ether oxygens (including phenoxy) is 2. The lowest BCUT2D eigenvalue weighted by molar-refractivity contribution is -0.142. The molecule has 2 N–H and O–H groups in total. The number of nitrogens with zero attached hydrogens (tertiary/aromatic N) is 2. The van der Waals surface area contributed by atoms with E-state index in [1.54, 1.807) is 16.9 Å². The van der Waals surface area contributed by atoms with Gasteiger partial charge in [-0.25, -0.2) is 0 Å². The molecule has 7 nitrogen and oxygen atoms in total. The van der Waals surface area contributed by atoms with Crippen molar-refractivity contribution < 1.29 is 19.1 Å². The molecule has 0 bridgehead atoms. The van der Waals surface area contributed by atoms with Gasteiger partial charge in [0.2, 0.25) is 11.8 Å². The van der Waals surface area contributed by atoms with Crippen molar-refractivity contribution in [1.29, 1.82) is 0 Å². The van der Waals surface area contributed by atoms with Crippen LogP contribution in [0.1, 0.15) is 6.42 Å². The van der Waals surface area contributed by atoms with Gasteiger partial charge in [-0.15, -0.1) is 0 Å². The molecule has 1 rings (SSSR count). The van der Waals surface area contributed by atoms with Gasteiger partial charge in [-0.05, 0) is 6.42 Å². The highest BCUT2D eigenvalue weighted by Gasteiger charge is 2.26. The van der Waals surface area contributed by atoms with Crippen molar-refractivity contribution in [3.8, 4) is 0 Å². The first-order valence-corrected chi connectivity index (χ1v) is 6.40. The van der Waals surface area contributed by atoms with Crippen LogP contribution in [-0.2, 0) is 19.1 Å². The zero-order valence-corrected chi connectivity index (χ0v) is 11.6. The Hall–Kier alpha value is -1.18. The molecule has 2 amide bonds. The van der Waals surface area contributed by atoms with Gasteiger partial charge in [0, 0.05) is 47.0 Å². The molecule has 19 heavy (non-hydrogen) atoms. The molecule has 7 heteroatoms. The number of rotatable bonds is 6. The summed E-state index contributed by atoms with van der Waals surface area (Å²) in [6.45, 7) is 2.67. The van der Waals surface area contributed by atoms with Crippen LogP contribution in [0, 0.1) is 0 Å². The quantitative estimate of drug-likeness (QED) is 0.648. The van der Waals surface area contributed by atoms with E-state index < -0.39 is 6.04 Å². The summed E-state index contributed by atoms with van der Waals surface area (Å²) >= 11 is 0. The van der Waals surface area contributed by atoms with Crippen molar-refractivity contribution in [2.24, 2.45) is 5.73 Å². The van der Waals surface area contributed by atoms with Crippen molar-refractivity contribution in [2.75, 3.05) is 53.6 Å². The van der Waals surface area contributed by atoms with Gasteiger partial charge in [0.15, 0.2) is 0 Å². The second kappa shape index (κ2) is 8.08. The molecule has 0 spiro atoms. The normalized spacial score (nSPS) is 17.4. The first-order chi connectivity index (χ1) is 9.10. The number of carbonyl (C=O) groups excluding carboxylic acids is 2. The lowest BCUT2D eigenvalue weighted by atomic mass is 10.2. The minimum Gasteiger partial charge on any atom is -0.385 e. The maximum absolute atomic E-state index is 12.0. The number of amides is 2. The van der Waals surface area contributed by atoms with Gasteiger partial charge in [-0.3, -0.25) is 9.59 Å². The van der Waals surface area contributed by atoms with E-state index in [0.717, 1.165) is 0 Å². The molecule has 0 aromatic carbocycles. The SMILES string of the molecule is COCCC(N)C(=O)N1CCN(C(=O)COC)CC1. The van der Waals surface area contributed by atoms with Gasteiger partial charge >= 0.3 is 0 Å². The van der Waals surface area contributed by atoms with Crippen LogP contribution < -0.4 is 5.73 Å². The van der Waals surface area contributed by atoms with E-state index >= 15 is 0 Å². The smallest absolute Gasteiger partial charge is 0.248 e. The van der Waals surface area contributed by atoms with Gasteiger partial charge < -0.3 is 25.0 Å². The maximum atomic E-state index is 12.0. The molecule has 0 saturated carbocycles. The molecule has 1 fully saturated rings. The minimum absolute atomic E-state index is 0.0433. The molecular weight excluding hydrogens is 250 g/mol. The summed E-state index contributed by atoms with van der Waals surface area (Å²) in [5.41, 5.74) is 5.80. The number of nitrogens with two attached hydrogens (primary N) is 1. The average molecular weight is 273 g/mol. The van der Waals surface area contributed by atoms with Gasteiger partial charge in [0.25, 0.3) is 0 Å². The topological polar surface area (TPSA) is 85.1 Å². The van der Waals surface area contributed by atoms with E-state index in [1.165, 1.54) is 7.11 Å². The number of carbonyl (C=O) groups is 2. The van der Waals surface area contributed by atoms with Crippen LogP contribution in [0.15, 0.2) is 0 Å². The fourth-order valence-corrected chi connectivity index (χ4v) is 1.99. The molecular formula is C12H23N3O4. The van der Waals surface area contributed by atoms with E-state index in [9.17, 15) is 9.59 Å². The van der Waals surface area contributed by atoms with Gasteiger partial charge in [-0.2, -0.15) is 0 Å². The Morgan fingerprint density at radius 2 is 1.68 bits per heavy atom. The van der Waals surface area contributed by atoms with Crippen molar-refractivity contribution in [3.63, 3.8) is 0 Å². The minimum atomic E-state index is -0.527. The Kier molecular flexibility index (Phi) is 6.75. The van der Waals surface area contributed by atoms with Crippen LogP contribution in [0.3, 0.4) is 0 Å². The first kappa shape index (κ1) is 15.9. The van der Waals surface area contributed by atoms with E-state index in [2.05, 4.69) is 0 Å². The number of methoxy groups -OCH3 is 2. The van der Waals surface area contributed by atoms with Crippen molar-refractivity contribution in [3.05, 3.63) is 0 Å². The van der Waals surface area contributed by atoms with Crippen LogP contribution in [0.4, 0.5) is 0 Å². The summed E-state index contributed by atoms with van der Waals surface area (Å²) in [4.78, 5) is 27.0. The molecule has 1 aliphatic heterocycles. The second-order valence-corrected chi connectivity index (χ2v) is 4.53. The van der Waals surface area contributed by atoms with Gasteiger partial charge in [0.1, 0.15) is 6.61 Å². The summed E-state index contributed by atoms with van der Waals surface area (Å²) in [6.07, 6.45) is 0.512. The molecule has 0 aromatic rings. The summed E-state index contributed by atoms with van der Waals surface area (Å²) < 4.78 is 9.72. The molecule has 0 aliphatic carbocycles. The third-order valence-electron chi connectivity index (χ3n) is 3.16. The Bertz CT molecular complexity index is 303. The fraction of sp³-hybridized carbons (Fsp3) is 0.833. The van der Waals surface area contributed by atoms with E-state index in [-0.39, 0.29) is 18.4 Å². The first-order valence-electron chi connectivity index (χ1n) is 6.40. The van der Waals surface area contributed by atoms with Gasteiger partial charge in [-0.1, -0.05) is 0 Å². The van der Waals surface area contributed by atoms with Crippen molar-refractivity contribution in [2.45, 2.75) is 12.5 Å². The lowest BCUT2D eigenvalue weighted by Crippen LogP contribution is -2.54. The van der Waals surface area contributed by atoms with Crippen molar-refractivity contribution >= 4 is 11.8 Å². The molecule has 1 saturated heterocycles. The Morgan fingerprint density at radius 1 is 1.11 bits per heavy atom. The number of hydrogen-bond donors (Lipinski definition) is 1. The summed E-state index contributed by atoms with van der Waals surface area (Å²) in [7, 11) is 3.07. The highest BCUT2D eigenvalue weighted by atomic mass is 16.5. The standard InChI is InChI=1S/C12H23N3O4/c1-18-8-3-10(13)12(17)15-6-4-14(5-7-15)11(16)9-19-2/h10H,3-9,13H2,1-2H3. The highest BCUT2D eigenvalue weighted by Crippen LogP contribution is 2.05. The Morgan fingerprint density at radius 3 is 2.21 bits per heavy atom. The zero-order valence-electron chi connectivity index (χ0n) is 11.6. The Labute approximate surface area is 113 Å². The molecule has 1 atom stereocenters. The fourth-order valence-electron chi connectivity index (χ4n) is 1.99. The largest absolute Gasteiger partial charge is 0.385 e. The average Bonchev–Trinajstić information content (AvgIpc) is 2.44. The highest BCUT2D eigenvalue weighted by molar-refractivity contribution is 5.82. The molecule has 1 heterocycles. The van der Waals surface area contributed by atoms with Crippen LogP contribution in [-0.4, -0.2) is 81.3 Å². The van der Waals surface area contributed by atoms with E-state index in [4.69, 9.17) is 15.2 Å². The summed E-state index contributed by atoms with van der Waals surface area (Å²) in [6, 6.07) is -0.527. The predicted octanol–water partition coefficient (Wildman–Crippen LogP) is -1.33. The molecule has 0 radical (unpaired) electrons. The third-order valence-corrected chi connectivity index (χ3v) is 3.16. The summed E-state index contributed by atoms with van der Waals surface area (Å²) in [5.74, 6) is -0.117. The van der Waals surface area contributed by atoms with Crippen molar-refractivity contribution in [1.82, 2.24) is 9.80 Å². The molecule has 1 aliphatic rings. The third kappa shape index (κ3) is 4.77. The molecule has 1 unspecified atom stereocenters. The lowest BCUT2D eigenvalue weighted by Gasteiger charge is -2.35. The van der Waals surface area contributed by atoms with Crippen LogP contribution in [0.2, 0.25) is 0 Å². The monoisotopic (exact) mass is 273 g/mol. The van der Waals surface area contributed by atoms with Crippen LogP contribution in [0.5, 0.6) is 0 Å². The Balaban J connectivity index is 2.36. The molecule has 110 valence electrons. The van der Waals surface area contributed by atoms with Crippen LogP contribution >= 0.6 is 0 Å². The predicted molar refractivity (Wildman–Crippen MR) is 69.5 cm³/mol. The number of hydrogen-bond acceptors (Lipinski definition) is 5. The number of piperazine rings is 1. The van der Waals surface area contributed by atoms with E-state index in [1.807, 2.05) is 0 Å². The van der Waals surface area contributed by atoms with E-state index in [0.29, 0.717) is 39.2 Å². The molecule has 0 aromatic heterocycles. The summed E-state index contributed by atoms with van der Waals surface area (Å²) in [5, 5.41) is 0.